The van der Waals surface area contributed by atoms with E-state index in [2.05, 4.69) is 0 Å². The molecule has 0 radical (unpaired) electrons. The van der Waals surface area contributed by atoms with E-state index in [0.717, 1.165) is 12.1 Å². The van der Waals surface area contributed by atoms with Crippen LogP contribution in [0.4, 0.5) is 0 Å². The second-order valence-electron chi connectivity index (χ2n) is 6.72. The van der Waals surface area contributed by atoms with Crippen molar-refractivity contribution >= 4 is 46.1 Å². The normalized spacial score (nSPS) is 11.1. The maximum absolute atomic E-state index is 12.5. The standard InChI is InChI=1S/C22H12Cl2O8/c1-31-14-7-12-15(11-6-8(21(27)28)2-3-9(11)22(29)30)10-4-5-13(25)16(23)19(10)32-20(12)17(24)18(14)26/h2-7,25H,1H3,(H,27,28)(H,29,30). The molecule has 0 amide bonds. The Bertz CT molecular complexity index is 1470. The Balaban J connectivity index is 2.31. The van der Waals surface area contributed by atoms with E-state index in [1.54, 1.807) is 0 Å². The van der Waals surface area contributed by atoms with Crippen molar-refractivity contribution in [2.75, 3.05) is 7.11 Å². The third-order valence-corrected chi connectivity index (χ3v) is 5.66. The first-order valence-corrected chi connectivity index (χ1v) is 9.66. The summed E-state index contributed by atoms with van der Waals surface area (Å²) in [6, 6.07) is 7.53. The summed E-state index contributed by atoms with van der Waals surface area (Å²) in [6.07, 6.45) is 0. The number of carboxylic acid groups (broad SMARTS) is 2. The zero-order valence-corrected chi connectivity index (χ0v) is 17.6. The molecule has 3 N–H and O–H groups in total. The third kappa shape index (κ3) is 3.21. The van der Waals surface area contributed by atoms with E-state index in [-0.39, 0.29) is 66.1 Å². The molecule has 32 heavy (non-hydrogen) atoms. The fourth-order valence-corrected chi connectivity index (χ4v) is 3.92. The number of carboxylic acids is 2. The molecule has 1 aliphatic heterocycles. The molecule has 2 aromatic carbocycles. The Labute approximate surface area is 189 Å². The van der Waals surface area contributed by atoms with Crippen LogP contribution < -0.4 is 10.2 Å². The smallest absolute Gasteiger partial charge is 0.336 e. The molecule has 0 unspecified atom stereocenters. The summed E-state index contributed by atoms with van der Waals surface area (Å²) in [5.41, 5.74) is -0.747. The topological polar surface area (TPSA) is 134 Å². The highest BCUT2D eigenvalue weighted by Gasteiger charge is 2.28. The first-order valence-electron chi connectivity index (χ1n) is 8.91. The van der Waals surface area contributed by atoms with Gasteiger partial charge in [-0.25, -0.2) is 9.59 Å². The van der Waals surface area contributed by atoms with Gasteiger partial charge in [-0.1, -0.05) is 23.2 Å². The van der Waals surface area contributed by atoms with Crippen molar-refractivity contribution in [1.29, 1.82) is 0 Å². The molecule has 1 heterocycles. The maximum atomic E-state index is 12.5. The number of halogens is 2. The van der Waals surface area contributed by atoms with Gasteiger partial charge in [0.25, 0.3) is 0 Å². The average molecular weight is 475 g/mol. The lowest BCUT2D eigenvalue weighted by Gasteiger charge is -2.19. The molecule has 2 aliphatic rings. The zero-order chi connectivity index (χ0) is 23.3. The zero-order valence-electron chi connectivity index (χ0n) is 16.1. The van der Waals surface area contributed by atoms with E-state index in [9.17, 15) is 29.7 Å². The van der Waals surface area contributed by atoms with Crippen LogP contribution in [0.3, 0.4) is 0 Å². The molecule has 0 bridgehead atoms. The van der Waals surface area contributed by atoms with Crippen LogP contribution in [0.5, 0.6) is 11.5 Å². The summed E-state index contributed by atoms with van der Waals surface area (Å²) < 4.78 is 10.9. The molecule has 0 saturated heterocycles. The van der Waals surface area contributed by atoms with Gasteiger partial charge in [0.2, 0.25) is 5.43 Å². The number of rotatable bonds is 4. The van der Waals surface area contributed by atoms with Gasteiger partial charge in [0.15, 0.2) is 17.1 Å². The molecule has 1 aliphatic carbocycles. The Hall–Kier alpha value is -3.75. The van der Waals surface area contributed by atoms with E-state index in [4.69, 9.17) is 32.4 Å². The monoisotopic (exact) mass is 474 g/mol. The van der Waals surface area contributed by atoms with Gasteiger partial charge in [0.05, 0.1) is 18.2 Å². The predicted molar refractivity (Wildman–Crippen MR) is 117 cm³/mol. The molecule has 8 nitrogen and oxygen atoms in total. The van der Waals surface area contributed by atoms with Crippen molar-refractivity contribution in [3.8, 4) is 33.9 Å². The number of carbonyl (C=O) groups is 2. The number of benzene rings is 3. The van der Waals surface area contributed by atoms with Crippen molar-refractivity contribution in [2.24, 2.45) is 0 Å². The third-order valence-electron chi connectivity index (χ3n) is 4.95. The SMILES string of the molecule is COc1cc2c(-c3cc(C(=O)O)ccc3C(=O)O)c3ccc(O)c(Cl)c3oc-2c(Cl)c1=O. The Morgan fingerprint density at radius 3 is 2.31 bits per heavy atom. The first-order chi connectivity index (χ1) is 15.1. The highest BCUT2D eigenvalue weighted by atomic mass is 35.5. The second kappa shape index (κ2) is 7.74. The Morgan fingerprint density at radius 1 is 0.969 bits per heavy atom. The van der Waals surface area contributed by atoms with Crippen LogP contribution in [-0.2, 0) is 0 Å². The van der Waals surface area contributed by atoms with E-state index < -0.39 is 17.4 Å². The Kier molecular flexibility index (Phi) is 5.20. The highest BCUT2D eigenvalue weighted by molar-refractivity contribution is 6.37. The number of hydrogen-bond acceptors (Lipinski definition) is 6. The number of phenolic OH excluding ortho intramolecular Hbond substituents is 1. The molecule has 0 saturated carbocycles. The minimum Gasteiger partial charge on any atom is -0.506 e. The van der Waals surface area contributed by atoms with Gasteiger partial charge in [0, 0.05) is 16.5 Å². The number of phenols is 1. The van der Waals surface area contributed by atoms with Crippen molar-refractivity contribution in [1.82, 2.24) is 0 Å². The molecule has 10 heteroatoms. The quantitative estimate of drug-likeness (QED) is 0.352. The van der Waals surface area contributed by atoms with Crippen LogP contribution in [0.25, 0.3) is 33.4 Å². The van der Waals surface area contributed by atoms with Gasteiger partial charge in [-0.15, -0.1) is 0 Å². The van der Waals surface area contributed by atoms with Gasteiger partial charge in [-0.2, -0.15) is 0 Å². The van der Waals surface area contributed by atoms with E-state index >= 15 is 0 Å². The second-order valence-corrected chi connectivity index (χ2v) is 7.48. The van der Waals surface area contributed by atoms with Crippen LogP contribution in [0.15, 0.2) is 45.6 Å². The number of methoxy groups -OCH3 is 1. The van der Waals surface area contributed by atoms with E-state index in [1.165, 1.54) is 31.4 Å². The van der Waals surface area contributed by atoms with Crippen molar-refractivity contribution < 1.29 is 34.1 Å². The summed E-state index contributed by atoms with van der Waals surface area (Å²) in [5.74, 6) is -3.18. The first kappa shape index (κ1) is 21.5. The molecule has 162 valence electrons. The molecule has 0 spiro atoms. The summed E-state index contributed by atoms with van der Waals surface area (Å²) >= 11 is 12.5. The van der Waals surface area contributed by atoms with Gasteiger partial charge in [-0.05, 0) is 42.0 Å². The summed E-state index contributed by atoms with van der Waals surface area (Å²) in [5, 5.41) is 29.0. The molecular formula is C22H12Cl2O8. The summed E-state index contributed by atoms with van der Waals surface area (Å²) in [7, 11) is 1.26. The molecule has 0 fully saturated rings. The molecule has 2 aromatic rings. The van der Waals surface area contributed by atoms with Gasteiger partial charge in [0.1, 0.15) is 15.8 Å². The maximum Gasteiger partial charge on any atom is 0.336 e. The lowest BCUT2D eigenvalue weighted by molar-refractivity contribution is 0.0682. The van der Waals surface area contributed by atoms with E-state index in [1.807, 2.05) is 0 Å². The molecule has 0 aromatic heterocycles. The fraction of sp³-hybridized carbons (Fsp3) is 0.0455. The van der Waals surface area contributed by atoms with Crippen molar-refractivity contribution in [3.63, 3.8) is 0 Å². The lowest BCUT2D eigenvalue weighted by atomic mass is 9.89. The van der Waals surface area contributed by atoms with Gasteiger partial charge < -0.3 is 24.5 Å². The van der Waals surface area contributed by atoms with Crippen LogP contribution >= 0.6 is 23.2 Å². The van der Waals surface area contributed by atoms with Crippen molar-refractivity contribution in [3.05, 3.63) is 67.8 Å². The molecule has 0 atom stereocenters. The number of aromatic carboxylic acids is 2. The summed E-state index contributed by atoms with van der Waals surface area (Å²) in [4.78, 5) is 36.1. The average Bonchev–Trinajstić information content (AvgIpc) is 2.77. The fourth-order valence-electron chi connectivity index (χ4n) is 3.48. The Morgan fingerprint density at radius 2 is 1.69 bits per heavy atom. The number of ether oxygens (including phenoxy) is 1. The van der Waals surface area contributed by atoms with Gasteiger partial charge >= 0.3 is 11.9 Å². The highest BCUT2D eigenvalue weighted by Crippen LogP contribution is 2.47. The van der Waals surface area contributed by atoms with Crippen LogP contribution in [-0.4, -0.2) is 34.4 Å². The molecular weight excluding hydrogens is 463 g/mol. The van der Waals surface area contributed by atoms with Gasteiger partial charge in [-0.3, -0.25) is 4.79 Å². The number of hydrogen-bond donors (Lipinski definition) is 3. The number of aromatic hydroxyl groups is 1. The number of fused-ring (bicyclic) bond motifs is 2. The predicted octanol–water partition coefficient (Wildman–Crippen LogP) is 4.98. The summed E-state index contributed by atoms with van der Waals surface area (Å²) in [6.45, 7) is 0. The van der Waals surface area contributed by atoms with Crippen LogP contribution in [0.2, 0.25) is 10.0 Å². The lowest BCUT2D eigenvalue weighted by Crippen LogP contribution is -2.10. The minimum absolute atomic E-state index is 0.0155. The molecule has 4 rings (SSSR count). The minimum atomic E-state index is -1.32. The van der Waals surface area contributed by atoms with E-state index in [0.29, 0.717) is 0 Å². The van der Waals surface area contributed by atoms with Crippen molar-refractivity contribution in [2.45, 2.75) is 0 Å². The van der Waals surface area contributed by atoms with Crippen LogP contribution in [0, 0.1) is 0 Å². The van der Waals surface area contributed by atoms with Crippen LogP contribution in [0.1, 0.15) is 20.7 Å². The largest absolute Gasteiger partial charge is 0.506 e.